The molecule has 2 heterocycles. The Morgan fingerprint density at radius 1 is 0.879 bits per heavy atom. The van der Waals surface area contributed by atoms with Gasteiger partial charge in [-0.2, -0.15) is 0 Å². The zero-order valence-corrected chi connectivity index (χ0v) is 19.4. The van der Waals surface area contributed by atoms with E-state index in [0.717, 1.165) is 11.1 Å². The molecule has 0 aliphatic heterocycles. The third kappa shape index (κ3) is 5.94. The Hall–Kier alpha value is -3.74. The molecule has 2 amide bonds. The summed E-state index contributed by atoms with van der Waals surface area (Å²) in [6, 6.07) is 12.6. The van der Waals surface area contributed by atoms with Crippen LogP contribution in [0.2, 0.25) is 0 Å². The van der Waals surface area contributed by atoms with E-state index in [-0.39, 0.29) is 23.1 Å². The number of pyridine rings is 2. The second kappa shape index (κ2) is 10.7. The van der Waals surface area contributed by atoms with Crippen molar-refractivity contribution in [2.75, 3.05) is 6.54 Å². The lowest BCUT2D eigenvalue weighted by atomic mass is 9.99. The minimum absolute atomic E-state index is 0.0427. The molecule has 2 aromatic heterocycles. The monoisotopic (exact) mass is 446 g/mol. The maximum Gasteiger partial charge on any atom is 0.257 e. The summed E-state index contributed by atoms with van der Waals surface area (Å²) in [6.45, 7) is 8.23. The molecule has 0 saturated heterocycles. The Bertz CT molecular complexity index is 1120. The number of hydrogen-bond donors (Lipinski definition) is 2. The highest BCUT2D eigenvalue weighted by molar-refractivity contribution is 5.99. The van der Waals surface area contributed by atoms with Crippen LogP contribution in [-0.2, 0) is 0 Å². The molecule has 7 nitrogen and oxygen atoms in total. The number of aromatic nitrogens is 2. The quantitative estimate of drug-likeness (QED) is 0.551. The van der Waals surface area contributed by atoms with Gasteiger partial charge >= 0.3 is 0 Å². The molecule has 172 valence electrons. The van der Waals surface area contributed by atoms with E-state index in [9.17, 15) is 14.4 Å². The van der Waals surface area contributed by atoms with E-state index in [1.54, 1.807) is 17.0 Å². The van der Waals surface area contributed by atoms with Gasteiger partial charge in [-0.3, -0.25) is 19.4 Å². The number of benzene rings is 1. The molecule has 1 aromatic carbocycles. The number of carbonyl (C=O) groups excluding carboxylic acids is 2. The van der Waals surface area contributed by atoms with Gasteiger partial charge in [0.2, 0.25) is 5.43 Å². The zero-order valence-electron chi connectivity index (χ0n) is 19.4. The fraction of sp³-hybridized carbons (Fsp3) is 0.308. The first kappa shape index (κ1) is 23.9. The molecule has 0 aliphatic rings. The summed E-state index contributed by atoms with van der Waals surface area (Å²) < 4.78 is 1.71. The lowest BCUT2D eigenvalue weighted by molar-refractivity contribution is 0.0940. The van der Waals surface area contributed by atoms with Crippen molar-refractivity contribution in [3.8, 4) is 0 Å². The van der Waals surface area contributed by atoms with Gasteiger partial charge in [-0.05, 0) is 43.0 Å². The van der Waals surface area contributed by atoms with Gasteiger partial charge in [0, 0.05) is 37.4 Å². The van der Waals surface area contributed by atoms with Crippen molar-refractivity contribution < 1.29 is 9.59 Å². The molecule has 7 heteroatoms. The third-order valence-corrected chi connectivity index (χ3v) is 5.25. The first-order valence-corrected chi connectivity index (χ1v) is 11.1. The molecule has 1 atom stereocenters. The van der Waals surface area contributed by atoms with Crippen LogP contribution in [0.3, 0.4) is 0 Å². The van der Waals surface area contributed by atoms with E-state index >= 15 is 0 Å². The summed E-state index contributed by atoms with van der Waals surface area (Å²) >= 11 is 0. The van der Waals surface area contributed by atoms with Gasteiger partial charge in [-0.1, -0.05) is 44.2 Å². The summed E-state index contributed by atoms with van der Waals surface area (Å²) in [5.74, 6) is -0.787. The van der Waals surface area contributed by atoms with Gasteiger partial charge in [-0.15, -0.1) is 0 Å². The van der Waals surface area contributed by atoms with E-state index < -0.39 is 23.3 Å². The number of hydrogen-bond acceptors (Lipinski definition) is 4. The van der Waals surface area contributed by atoms with Gasteiger partial charge in [-0.25, -0.2) is 0 Å². The maximum atomic E-state index is 13.4. The van der Waals surface area contributed by atoms with Crippen LogP contribution in [0, 0.1) is 5.92 Å². The molecule has 0 aliphatic carbocycles. The highest BCUT2D eigenvalue weighted by Crippen LogP contribution is 2.22. The summed E-state index contributed by atoms with van der Waals surface area (Å²) in [7, 11) is 0. The Kier molecular flexibility index (Phi) is 7.77. The molecule has 2 N–H and O–H groups in total. The summed E-state index contributed by atoms with van der Waals surface area (Å²) in [5, 5.41) is 5.75. The minimum Gasteiger partial charge on any atom is -0.352 e. The number of amides is 2. The molecule has 0 fully saturated rings. The van der Waals surface area contributed by atoms with Crippen molar-refractivity contribution in [2.24, 2.45) is 5.92 Å². The minimum atomic E-state index is -0.591. The highest BCUT2D eigenvalue weighted by Gasteiger charge is 2.23. The van der Waals surface area contributed by atoms with Crippen LogP contribution in [0.25, 0.3) is 0 Å². The topological polar surface area (TPSA) is 93.1 Å². The first-order valence-electron chi connectivity index (χ1n) is 11.1. The Morgan fingerprint density at radius 3 is 2.03 bits per heavy atom. The highest BCUT2D eigenvalue weighted by atomic mass is 16.2. The van der Waals surface area contributed by atoms with Crippen LogP contribution in [-0.4, -0.2) is 27.9 Å². The van der Waals surface area contributed by atoms with Crippen LogP contribution in [0.1, 0.15) is 71.6 Å². The Balaban J connectivity index is 2.01. The van der Waals surface area contributed by atoms with Crippen LogP contribution >= 0.6 is 0 Å². The van der Waals surface area contributed by atoms with E-state index in [1.165, 1.54) is 12.4 Å². The van der Waals surface area contributed by atoms with Gasteiger partial charge in [0.15, 0.2) is 0 Å². The van der Waals surface area contributed by atoms with Gasteiger partial charge < -0.3 is 15.2 Å². The fourth-order valence-electron chi connectivity index (χ4n) is 3.38. The van der Waals surface area contributed by atoms with Crippen molar-refractivity contribution in [3.05, 3.63) is 99.7 Å². The molecule has 0 spiro atoms. The molecular weight excluding hydrogens is 416 g/mol. The largest absolute Gasteiger partial charge is 0.352 e. The number of rotatable bonds is 8. The van der Waals surface area contributed by atoms with Gasteiger partial charge in [0.05, 0.1) is 6.04 Å². The average molecular weight is 447 g/mol. The molecular formula is C26H30N4O3. The molecule has 0 bridgehead atoms. The Labute approximate surface area is 193 Å². The summed E-state index contributed by atoms with van der Waals surface area (Å²) in [5.41, 5.74) is 0.992. The second-order valence-electron chi connectivity index (χ2n) is 8.66. The number of nitrogens with one attached hydrogen (secondary N) is 2. The van der Waals surface area contributed by atoms with Crippen molar-refractivity contribution in [1.82, 2.24) is 20.2 Å². The van der Waals surface area contributed by atoms with Crippen LogP contribution < -0.4 is 16.1 Å². The summed E-state index contributed by atoms with van der Waals surface area (Å²) in [4.78, 5) is 43.3. The molecule has 0 radical (unpaired) electrons. The molecule has 0 saturated carbocycles. The van der Waals surface area contributed by atoms with Crippen molar-refractivity contribution in [3.63, 3.8) is 0 Å². The second-order valence-corrected chi connectivity index (χ2v) is 8.66. The number of nitrogens with zero attached hydrogens (tertiary/aromatic N) is 2. The zero-order chi connectivity index (χ0) is 24.0. The van der Waals surface area contributed by atoms with Crippen molar-refractivity contribution in [1.29, 1.82) is 0 Å². The fourth-order valence-corrected chi connectivity index (χ4v) is 3.38. The maximum absolute atomic E-state index is 13.4. The molecule has 33 heavy (non-hydrogen) atoms. The van der Waals surface area contributed by atoms with Crippen LogP contribution in [0.4, 0.5) is 0 Å². The lowest BCUT2D eigenvalue weighted by Crippen LogP contribution is -2.37. The van der Waals surface area contributed by atoms with E-state index in [2.05, 4.69) is 15.6 Å². The normalized spacial score (nSPS) is 11.9. The van der Waals surface area contributed by atoms with E-state index in [4.69, 9.17) is 0 Å². The van der Waals surface area contributed by atoms with Gasteiger partial charge in [0.25, 0.3) is 11.8 Å². The van der Waals surface area contributed by atoms with Crippen LogP contribution in [0.15, 0.2) is 72.0 Å². The van der Waals surface area contributed by atoms with Crippen LogP contribution in [0.5, 0.6) is 0 Å². The molecule has 3 aromatic rings. The van der Waals surface area contributed by atoms with Crippen molar-refractivity contribution >= 4 is 11.8 Å². The van der Waals surface area contributed by atoms with E-state index in [0.29, 0.717) is 6.54 Å². The molecule has 1 unspecified atom stereocenters. The smallest absolute Gasteiger partial charge is 0.257 e. The third-order valence-electron chi connectivity index (χ3n) is 5.25. The lowest BCUT2D eigenvalue weighted by Gasteiger charge is -2.21. The van der Waals surface area contributed by atoms with Crippen molar-refractivity contribution in [2.45, 2.75) is 39.8 Å². The number of carbonyl (C=O) groups is 2. The predicted molar refractivity (Wildman–Crippen MR) is 128 cm³/mol. The Morgan fingerprint density at radius 2 is 1.45 bits per heavy atom. The average Bonchev–Trinajstić information content (AvgIpc) is 2.81. The summed E-state index contributed by atoms with van der Waals surface area (Å²) in [6.07, 6.45) is 6.33. The molecule has 3 rings (SSSR count). The standard InChI is InChI=1S/C26H30N4O3/c1-17(2)14-28-25(32)21-15-30(18(3)4)16-22(24(21)31)26(33)29-23(19-8-6-5-7-9-19)20-10-12-27-13-11-20/h5-13,15-18,23H,14H2,1-4H3,(H,28,32)(H,29,33). The predicted octanol–water partition coefficient (Wildman–Crippen LogP) is 3.73. The van der Waals surface area contributed by atoms with E-state index in [1.807, 2.05) is 70.2 Å². The first-order chi connectivity index (χ1) is 15.8. The SMILES string of the molecule is CC(C)CNC(=O)c1cn(C(C)C)cc(C(=O)NC(c2ccccc2)c2ccncc2)c1=O. The van der Waals surface area contributed by atoms with Gasteiger partial charge in [0.1, 0.15) is 11.1 Å².